The van der Waals surface area contributed by atoms with E-state index in [0.717, 1.165) is 11.3 Å². The third-order valence-corrected chi connectivity index (χ3v) is 6.21. The Morgan fingerprint density at radius 1 is 1.16 bits per heavy atom. The van der Waals surface area contributed by atoms with Crippen molar-refractivity contribution in [3.05, 3.63) is 63.6 Å². The van der Waals surface area contributed by atoms with Gasteiger partial charge in [-0.25, -0.2) is 4.79 Å². The van der Waals surface area contributed by atoms with Crippen LogP contribution in [0.4, 0.5) is 10.5 Å². The van der Waals surface area contributed by atoms with Crippen LogP contribution in [0.1, 0.15) is 36.3 Å². The summed E-state index contributed by atoms with van der Waals surface area (Å²) in [6.07, 6.45) is 0. The first-order valence-corrected chi connectivity index (χ1v) is 10.0. The zero-order valence-corrected chi connectivity index (χ0v) is 16.5. The van der Waals surface area contributed by atoms with E-state index in [2.05, 4.69) is 43.4 Å². The number of hydrogen-bond donors (Lipinski definition) is 1. The van der Waals surface area contributed by atoms with E-state index < -0.39 is 0 Å². The van der Waals surface area contributed by atoms with Gasteiger partial charge in [0.2, 0.25) is 0 Å². The molecule has 0 radical (unpaired) electrons. The summed E-state index contributed by atoms with van der Waals surface area (Å²) in [4.78, 5) is 14.6. The van der Waals surface area contributed by atoms with Crippen molar-refractivity contribution in [2.24, 2.45) is 0 Å². The molecular weight excluding hydrogens is 375 g/mol. The van der Waals surface area contributed by atoms with Gasteiger partial charge in [0.1, 0.15) is 5.37 Å². The van der Waals surface area contributed by atoms with Crippen LogP contribution in [-0.2, 0) is 0 Å². The van der Waals surface area contributed by atoms with E-state index in [0.29, 0.717) is 28.2 Å². The van der Waals surface area contributed by atoms with Crippen LogP contribution in [0.15, 0.2) is 42.5 Å². The number of amides is 2. The maximum absolute atomic E-state index is 12.7. The van der Waals surface area contributed by atoms with Crippen LogP contribution in [0.2, 0.25) is 10.0 Å². The largest absolute Gasteiger partial charge is 0.323 e. The molecule has 25 heavy (non-hydrogen) atoms. The molecule has 0 bridgehead atoms. The molecular formula is C19H20Cl2N2OS. The molecule has 0 aliphatic carbocycles. The molecule has 0 aromatic heterocycles. The Balaban J connectivity index is 1.74. The van der Waals surface area contributed by atoms with Gasteiger partial charge in [0, 0.05) is 18.0 Å². The van der Waals surface area contributed by atoms with E-state index >= 15 is 0 Å². The number of nitrogens with zero attached hydrogens (tertiary/aromatic N) is 1. The highest BCUT2D eigenvalue weighted by Crippen LogP contribution is 2.38. The van der Waals surface area contributed by atoms with Crippen molar-refractivity contribution in [2.45, 2.75) is 25.1 Å². The summed E-state index contributed by atoms with van der Waals surface area (Å²) in [7, 11) is 0. The van der Waals surface area contributed by atoms with Gasteiger partial charge in [-0.1, -0.05) is 61.3 Å². The number of rotatable bonds is 3. The van der Waals surface area contributed by atoms with Gasteiger partial charge in [0.25, 0.3) is 0 Å². The molecule has 1 atom stereocenters. The molecule has 1 aliphatic rings. The van der Waals surface area contributed by atoms with E-state index in [1.165, 1.54) is 5.56 Å². The Bertz CT molecular complexity index is 765. The van der Waals surface area contributed by atoms with Crippen LogP contribution in [0.5, 0.6) is 0 Å². The SMILES string of the molecule is CC(C)c1ccc(C2SCCN2C(=O)Nc2ccc(Cl)c(Cl)c2)cc1. The number of carbonyl (C=O) groups excluding carboxylic acids is 1. The second-order valence-corrected chi connectivity index (χ2v) is 8.30. The summed E-state index contributed by atoms with van der Waals surface area (Å²) in [5.74, 6) is 1.42. The number of anilines is 1. The minimum Gasteiger partial charge on any atom is -0.308 e. The number of halogens is 2. The van der Waals surface area contributed by atoms with Gasteiger partial charge < -0.3 is 10.2 Å². The normalized spacial score (nSPS) is 17.2. The van der Waals surface area contributed by atoms with E-state index in [1.54, 1.807) is 30.0 Å². The Morgan fingerprint density at radius 3 is 2.52 bits per heavy atom. The predicted molar refractivity (Wildman–Crippen MR) is 108 cm³/mol. The minimum atomic E-state index is -0.124. The van der Waals surface area contributed by atoms with Gasteiger partial charge in [-0.05, 0) is 35.2 Å². The minimum absolute atomic E-state index is 0.0315. The Morgan fingerprint density at radius 2 is 1.88 bits per heavy atom. The Kier molecular flexibility index (Phi) is 5.82. The maximum Gasteiger partial charge on any atom is 0.323 e. The third kappa shape index (κ3) is 4.25. The fourth-order valence-electron chi connectivity index (χ4n) is 2.77. The van der Waals surface area contributed by atoms with Crippen LogP contribution in [0.25, 0.3) is 0 Å². The lowest BCUT2D eigenvalue weighted by atomic mass is 10.0. The number of benzene rings is 2. The molecule has 2 amide bonds. The highest BCUT2D eigenvalue weighted by Gasteiger charge is 2.30. The van der Waals surface area contributed by atoms with Crippen LogP contribution in [0.3, 0.4) is 0 Å². The standard InChI is InChI=1S/C19H20Cl2N2OS/c1-12(2)13-3-5-14(6-4-13)18-23(9-10-25-18)19(24)22-15-7-8-16(20)17(21)11-15/h3-8,11-12,18H,9-10H2,1-2H3,(H,22,24). The van der Waals surface area contributed by atoms with Gasteiger partial charge in [-0.15, -0.1) is 11.8 Å². The third-order valence-electron chi connectivity index (χ3n) is 4.21. The van der Waals surface area contributed by atoms with E-state index in [9.17, 15) is 4.79 Å². The quantitative estimate of drug-likeness (QED) is 0.653. The highest BCUT2D eigenvalue weighted by molar-refractivity contribution is 7.99. The van der Waals surface area contributed by atoms with Crippen molar-refractivity contribution < 1.29 is 4.79 Å². The zero-order valence-electron chi connectivity index (χ0n) is 14.1. The average molecular weight is 395 g/mol. The smallest absolute Gasteiger partial charge is 0.308 e. The lowest BCUT2D eigenvalue weighted by Gasteiger charge is -2.25. The monoisotopic (exact) mass is 394 g/mol. The molecule has 1 fully saturated rings. The second kappa shape index (κ2) is 7.90. The molecule has 2 aromatic rings. The number of urea groups is 1. The van der Waals surface area contributed by atoms with Gasteiger partial charge in [0.05, 0.1) is 10.0 Å². The number of hydrogen-bond acceptors (Lipinski definition) is 2. The van der Waals surface area contributed by atoms with Gasteiger partial charge in [0.15, 0.2) is 0 Å². The van der Waals surface area contributed by atoms with E-state index in [1.807, 2.05) is 4.90 Å². The molecule has 0 spiro atoms. The predicted octanol–water partition coefficient (Wildman–Crippen LogP) is 6.40. The van der Waals surface area contributed by atoms with Crippen molar-refractivity contribution in [3.8, 4) is 0 Å². The molecule has 6 heteroatoms. The van der Waals surface area contributed by atoms with Gasteiger partial charge >= 0.3 is 6.03 Å². The summed E-state index contributed by atoms with van der Waals surface area (Å²) in [6, 6.07) is 13.5. The first-order chi connectivity index (χ1) is 12.0. The second-order valence-electron chi connectivity index (χ2n) is 6.30. The van der Waals surface area contributed by atoms with Crippen LogP contribution < -0.4 is 5.32 Å². The van der Waals surface area contributed by atoms with Crippen molar-refractivity contribution in [3.63, 3.8) is 0 Å². The Hall–Kier alpha value is -1.36. The summed E-state index contributed by atoms with van der Waals surface area (Å²) >= 11 is 13.7. The molecule has 1 unspecified atom stereocenters. The van der Waals surface area contributed by atoms with Crippen LogP contribution >= 0.6 is 35.0 Å². The van der Waals surface area contributed by atoms with Crippen LogP contribution in [-0.4, -0.2) is 23.2 Å². The molecule has 2 aromatic carbocycles. The molecule has 1 N–H and O–H groups in total. The van der Waals surface area contributed by atoms with Crippen molar-refractivity contribution in [1.29, 1.82) is 0 Å². The van der Waals surface area contributed by atoms with Crippen LogP contribution in [0, 0.1) is 0 Å². The number of thioether (sulfide) groups is 1. The number of nitrogens with one attached hydrogen (secondary N) is 1. The molecule has 1 heterocycles. The molecule has 1 saturated heterocycles. The van der Waals surface area contributed by atoms with Crippen molar-refractivity contribution >= 4 is 46.7 Å². The summed E-state index contributed by atoms with van der Waals surface area (Å²) < 4.78 is 0. The van der Waals surface area contributed by atoms with Gasteiger partial charge in [-0.3, -0.25) is 0 Å². The van der Waals surface area contributed by atoms with Gasteiger partial charge in [-0.2, -0.15) is 0 Å². The van der Waals surface area contributed by atoms with Crippen molar-refractivity contribution in [2.75, 3.05) is 17.6 Å². The van der Waals surface area contributed by atoms with E-state index in [4.69, 9.17) is 23.2 Å². The topological polar surface area (TPSA) is 32.3 Å². The summed E-state index contributed by atoms with van der Waals surface area (Å²) in [6.45, 7) is 5.07. The lowest BCUT2D eigenvalue weighted by molar-refractivity contribution is 0.214. The van der Waals surface area contributed by atoms with Crippen molar-refractivity contribution in [1.82, 2.24) is 4.90 Å². The molecule has 3 rings (SSSR count). The number of carbonyl (C=O) groups is 1. The first-order valence-electron chi connectivity index (χ1n) is 8.20. The lowest BCUT2D eigenvalue weighted by Crippen LogP contribution is -2.34. The molecule has 1 aliphatic heterocycles. The first kappa shape index (κ1) is 18.4. The molecule has 132 valence electrons. The summed E-state index contributed by atoms with van der Waals surface area (Å²) in [5.41, 5.74) is 3.10. The Labute approximate surface area is 162 Å². The molecule has 3 nitrogen and oxygen atoms in total. The maximum atomic E-state index is 12.7. The summed E-state index contributed by atoms with van der Waals surface area (Å²) in [5, 5.41) is 3.84. The fourth-order valence-corrected chi connectivity index (χ4v) is 4.32. The zero-order chi connectivity index (χ0) is 18.0. The highest BCUT2D eigenvalue weighted by atomic mass is 35.5. The average Bonchev–Trinajstić information content (AvgIpc) is 3.08. The fraction of sp³-hybridized carbons (Fsp3) is 0.316. The van der Waals surface area contributed by atoms with E-state index in [-0.39, 0.29) is 11.4 Å². The molecule has 0 saturated carbocycles.